The van der Waals surface area contributed by atoms with E-state index in [4.69, 9.17) is 9.84 Å². The van der Waals surface area contributed by atoms with Crippen molar-refractivity contribution in [2.75, 3.05) is 6.61 Å². The molecule has 1 aromatic heterocycles. The predicted octanol–water partition coefficient (Wildman–Crippen LogP) is 2.14. The van der Waals surface area contributed by atoms with Crippen LogP contribution in [0.25, 0.3) is 11.1 Å². The van der Waals surface area contributed by atoms with Crippen LogP contribution in [0.3, 0.4) is 0 Å². The molecule has 5 heteroatoms. The van der Waals surface area contributed by atoms with E-state index in [0.29, 0.717) is 23.5 Å². The molecule has 5 nitrogen and oxygen atoms in total. The van der Waals surface area contributed by atoms with E-state index in [0.717, 1.165) is 6.07 Å². The van der Waals surface area contributed by atoms with E-state index < -0.39 is 11.5 Å². The van der Waals surface area contributed by atoms with E-state index in [1.807, 2.05) is 6.92 Å². The number of rotatable bonds is 4. The van der Waals surface area contributed by atoms with Gasteiger partial charge in [-0.25, -0.2) is 4.79 Å². The van der Waals surface area contributed by atoms with Crippen molar-refractivity contribution in [2.45, 2.75) is 6.92 Å². The first-order chi connectivity index (χ1) is 9.11. The van der Waals surface area contributed by atoms with Crippen LogP contribution in [-0.2, 0) is 0 Å². The number of hydrogen-bond donors (Lipinski definition) is 2. The number of ether oxygens (including phenoxy) is 1. The van der Waals surface area contributed by atoms with E-state index in [9.17, 15) is 9.59 Å². The van der Waals surface area contributed by atoms with Gasteiger partial charge in [-0.05, 0) is 24.6 Å². The van der Waals surface area contributed by atoms with Gasteiger partial charge in [0.2, 0.25) is 5.56 Å². The summed E-state index contributed by atoms with van der Waals surface area (Å²) in [7, 11) is 0. The summed E-state index contributed by atoms with van der Waals surface area (Å²) >= 11 is 0. The molecular weight excluding hydrogens is 246 g/mol. The van der Waals surface area contributed by atoms with Crippen LogP contribution in [0.2, 0.25) is 0 Å². The number of carboxylic acid groups (broad SMARTS) is 1. The minimum atomic E-state index is -1.14. The van der Waals surface area contributed by atoms with E-state index in [1.54, 1.807) is 24.3 Å². The zero-order valence-electron chi connectivity index (χ0n) is 10.3. The quantitative estimate of drug-likeness (QED) is 0.881. The Balaban J connectivity index is 2.55. The number of nitrogens with one attached hydrogen (secondary N) is 1. The van der Waals surface area contributed by atoms with Gasteiger partial charge < -0.3 is 14.8 Å². The van der Waals surface area contributed by atoms with Crippen molar-refractivity contribution < 1.29 is 14.6 Å². The Kier molecular flexibility index (Phi) is 3.66. The van der Waals surface area contributed by atoms with Crippen molar-refractivity contribution in [1.82, 2.24) is 4.98 Å². The molecular formula is C14H13NO4. The van der Waals surface area contributed by atoms with Crippen LogP contribution >= 0.6 is 0 Å². The smallest absolute Gasteiger partial charge is 0.336 e. The van der Waals surface area contributed by atoms with Crippen LogP contribution in [0, 0.1) is 0 Å². The largest absolute Gasteiger partial charge is 0.494 e. The van der Waals surface area contributed by atoms with Crippen molar-refractivity contribution in [2.24, 2.45) is 0 Å². The maximum absolute atomic E-state index is 11.2. The number of aromatic carboxylic acids is 1. The van der Waals surface area contributed by atoms with Gasteiger partial charge in [0.1, 0.15) is 5.75 Å². The lowest BCUT2D eigenvalue weighted by atomic mass is 10.0. The Hall–Kier alpha value is -2.56. The first kappa shape index (κ1) is 12.9. The molecule has 2 aromatic rings. The molecule has 0 spiro atoms. The van der Waals surface area contributed by atoms with Crippen LogP contribution in [0.15, 0.2) is 41.3 Å². The summed E-state index contributed by atoms with van der Waals surface area (Å²) in [6.07, 6.45) is 1.40. The molecule has 0 aliphatic heterocycles. The lowest BCUT2D eigenvalue weighted by Crippen LogP contribution is -2.10. The van der Waals surface area contributed by atoms with Crippen molar-refractivity contribution >= 4 is 5.97 Å². The number of aromatic amines is 1. The van der Waals surface area contributed by atoms with Gasteiger partial charge >= 0.3 is 5.97 Å². The van der Waals surface area contributed by atoms with E-state index in [1.165, 1.54) is 6.20 Å². The van der Waals surface area contributed by atoms with Crippen molar-refractivity contribution in [3.05, 3.63) is 52.4 Å². The molecule has 98 valence electrons. The number of H-pyrrole nitrogens is 1. The fourth-order valence-corrected chi connectivity index (χ4v) is 1.81. The normalized spacial score (nSPS) is 10.2. The average Bonchev–Trinajstić information content (AvgIpc) is 2.39. The Bertz CT molecular complexity index is 660. The molecule has 0 aliphatic carbocycles. The van der Waals surface area contributed by atoms with Gasteiger partial charge in [0, 0.05) is 17.8 Å². The Labute approximate surface area is 109 Å². The molecule has 1 aromatic carbocycles. The third-order valence-corrected chi connectivity index (χ3v) is 2.61. The van der Waals surface area contributed by atoms with E-state index in [-0.39, 0.29) is 5.56 Å². The second kappa shape index (κ2) is 5.39. The standard InChI is InChI=1S/C14H13NO4/c1-2-19-10-5-3-4-9(6-10)12-8-15-13(16)7-11(12)14(17)18/h3-8H,2H2,1H3,(H,15,16)(H,17,18). The summed E-state index contributed by atoms with van der Waals surface area (Å²) in [4.78, 5) is 24.9. The van der Waals surface area contributed by atoms with Crippen LogP contribution < -0.4 is 10.3 Å². The SMILES string of the molecule is CCOc1cccc(-c2c[nH]c(=O)cc2C(=O)O)c1. The van der Waals surface area contributed by atoms with Crippen LogP contribution in [0.1, 0.15) is 17.3 Å². The Morgan fingerprint density at radius 1 is 1.37 bits per heavy atom. The van der Waals surface area contributed by atoms with Gasteiger partial charge in [-0.15, -0.1) is 0 Å². The first-order valence-electron chi connectivity index (χ1n) is 5.81. The summed E-state index contributed by atoms with van der Waals surface area (Å²) in [5, 5.41) is 9.14. The molecule has 0 unspecified atom stereocenters. The first-order valence-corrected chi connectivity index (χ1v) is 5.81. The second-order valence-corrected chi connectivity index (χ2v) is 3.89. The van der Waals surface area contributed by atoms with E-state index in [2.05, 4.69) is 4.98 Å². The molecule has 0 saturated heterocycles. The summed E-state index contributed by atoms with van der Waals surface area (Å²) in [6.45, 7) is 2.40. The van der Waals surface area contributed by atoms with Crippen molar-refractivity contribution in [3.63, 3.8) is 0 Å². The fraction of sp³-hybridized carbons (Fsp3) is 0.143. The number of carboxylic acids is 1. The number of carbonyl (C=O) groups is 1. The molecule has 2 N–H and O–H groups in total. The second-order valence-electron chi connectivity index (χ2n) is 3.89. The number of benzene rings is 1. The molecule has 19 heavy (non-hydrogen) atoms. The lowest BCUT2D eigenvalue weighted by Gasteiger charge is -2.08. The van der Waals surface area contributed by atoms with Gasteiger partial charge in [0.15, 0.2) is 0 Å². The maximum Gasteiger partial charge on any atom is 0.336 e. The summed E-state index contributed by atoms with van der Waals surface area (Å²) < 4.78 is 5.37. The predicted molar refractivity (Wildman–Crippen MR) is 70.6 cm³/mol. The fourth-order valence-electron chi connectivity index (χ4n) is 1.81. The zero-order valence-corrected chi connectivity index (χ0v) is 10.3. The summed E-state index contributed by atoms with van der Waals surface area (Å²) in [5.41, 5.74) is 0.660. The summed E-state index contributed by atoms with van der Waals surface area (Å²) in [6, 6.07) is 8.15. The minimum absolute atomic E-state index is 0.0302. The third-order valence-electron chi connectivity index (χ3n) is 2.61. The molecule has 0 amide bonds. The highest BCUT2D eigenvalue weighted by Crippen LogP contribution is 2.25. The maximum atomic E-state index is 11.2. The molecule has 1 heterocycles. The van der Waals surface area contributed by atoms with Crippen LogP contribution in [-0.4, -0.2) is 22.7 Å². The highest BCUT2D eigenvalue weighted by molar-refractivity contribution is 5.95. The molecule has 0 aliphatic rings. The molecule has 2 rings (SSSR count). The molecule has 0 atom stereocenters. The lowest BCUT2D eigenvalue weighted by molar-refractivity contribution is 0.0697. The van der Waals surface area contributed by atoms with Gasteiger partial charge in [0.05, 0.1) is 12.2 Å². The summed E-state index contributed by atoms with van der Waals surface area (Å²) in [5.74, 6) is -0.481. The molecule has 0 saturated carbocycles. The van der Waals surface area contributed by atoms with Crippen molar-refractivity contribution in [3.8, 4) is 16.9 Å². The van der Waals surface area contributed by atoms with Crippen LogP contribution in [0.5, 0.6) is 5.75 Å². The van der Waals surface area contributed by atoms with Gasteiger partial charge in [-0.1, -0.05) is 12.1 Å². The number of hydrogen-bond acceptors (Lipinski definition) is 3. The van der Waals surface area contributed by atoms with Gasteiger partial charge in [0.25, 0.3) is 0 Å². The van der Waals surface area contributed by atoms with E-state index >= 15 is 0 Å². The molecule has 0 fully saturated rings. The van der Waals surface area contributed by atoms with Gasteiger partial charge in [-0.3, -0.25) is 4.79 Å². The van der Waals surface area contributed by atoms with Gasteiger partial charge in [-0.2, -0.15) is 0 Å². The Morgan fingerprint density at radius 3 is 2.84 bits per heavy atom. The Morgan fingerprint density at radius 2 is 2.16 bits per heavy atom. The number of aromatic nitrogens is 1. The third kappa shape index (κ3) is 2.82. The average molecular weight is 259 g/mol. The monoisotopic (exact) mass is 259 g/mol. The van der Waals surface area contributed by atoms with Crippen LogP contribution in [0.4, 0.5) is 0 Å². The zero-order chi connectivity index (χ0) is 13.8. The molecule has 0 radical (unpaired) electrons. The highest BCUT2D eigenvalue weighted by Gasteiger charge is 2.13. The molecule has 0 bridgehead atoms. The van der Waals surface area contributed by atoms with Crippen molar-refractivity contribution in [1.29, 1.82) is 0 Å². The number of pyridine rings is 1. The highest BCUT2D eigenvalue weighted by atomic mass is 16.5. The minimum Gasteiger partial charge on any atom is -0.494 e. The topological polar surface area (TPSA) is 79.4 Å².